The fourth-order valence-corrected chi connectivity index (χ4v) is 3.92. The molecule has 0 bridgehead atoms. The Kier molecular flexibility index (Phi) is 3.68. The first-order valence-electron chi connectivity index (χ1n) is 8.30. The normalized spacial score (nSPS) is 25.3. The number of alkyl halides is 2. The zero-order valence-corrected chi connectivity index (χ0v) is 13.0. The Balaban J connectivity index is 1.74. The second kappa shape index (κ2) is 5.71. The van der Waals surface area contributed by atoms with E-state index in [-0.39, 0.29) is 11.6 Å². The van der Waals surface area contributed by atoms with Gasteiger partial charge in [-0.1, -0.05) is 0 Å². The van der Waals surface area contributed by atoms with E-state index in [4.69, 9.17) is 5.73 Å². The molecule has 2 fully saturated rings. The molecule has 1 aromatic heterocycles. The van der Waals surface area contributed by atoms with Crippen molar-refractivity contribution in [1.29, 1.82) is 0 Å². The third-order valence-corrected chi connectivity index (χ3v) is 5.16. The summed E-state index contributed by atoms with van der Waals surface area (Å²) in [5, 5.41) is 0.800. The molecule has 0 amide bonds. The fourth-order valence-electron chi connectivity index (χ4n) is 3.92. The number of hydrogen-bond donors (Lipinski definition) is 1. The molecule has 0 unspecified atom stereocenters. The number of fused-ring (bicyclic) bond motifs is 1. The third-order valence-electron chi connectivity index (χ3n) is 5.16. The van der Waals surface area contributed by atoms with Gasteiger partial charge in [0, 0.05) is 42.0 Å². The average Bonchev–Trinajstić information content (AvgIpc) is 3.38. The lowest BCUT2D eigenvalue weighted by atomic mass is 9.90. The van der Waals surface area contributed by atoms with Crippen molar-refractivity contribution in [3.05, 3.63) is 36.0 Å². The van der Waals surface area contributed by atoms with Crippen molar-refractivity contribution in [2.24, 2.45) is 17.6 Å². The van der Waals surface area contributed by atoms with Crippen LogP contribution in [0.25, 0.3) is 10.9 Å². The molecule has 5 heteroatoms. The van der Waals surface area contributed by atoms with Crippen LogP contribution in [0.15, 0.2) is 30.5 Å². The van der Waals surface area contributed by atoms with Crippen LogP contribution in [-0.4, -0.2) is 24.1 Å². The van der Waals surface area contributed by atoms with Gasteiger partial charge in [-0.15, -0.1) is 0 Å². The molecule has 2 aromatic rings. The summed E-state index contributed by atoms with van der Waals surface area (Å²) < 4.78 is 26.5. The van der Waals surface area contributed by atoms with Crippen LogP contribution in [0.3, 0.4) is 0 Å². The Morgan fingerprint density at radius 2 is 1.96 bits per heavy atom. The van der Waals surface area contributed by atoms with Crippen molar-refractivity contribution < 1.29 is 8.78 Å². The lowest BCUT2D eigenvalue weighted by Gasteiger charge is -2.38. The zero-order chi connectivity index (χ0) is 16.0. The number of aromatic nitrogens is 1. The van der Waals surface area contributed by atoms with Gasteiger partial charge in [-0.2, -0.15) is 0 Å². The SMILES string of the molecule is N[C@@H]1C[C@H](C2CC2)CN(c2ccc(C(F)F)c3ncccc23)C1. The van der Waals surface area contributed by atoms with E-state index in [1.165, 1.54) is 18.9 Å². The maximum atomic E-state index is 13.2. The minimum Gasteiger partial charge on any atom is -0.369 e. The number of benzene rings is 1. The predicted octanol–water partition coefficient (Wildman–Crippen LogP) is 3.74. The van der Waals surface area contributed by atoms with Gasteiger partial charge in [0.15, 0.2) is 0 Å². The predicted molar refractivity (Wildman–Crippen MR) is 87.7 cm³/mol. The topological polar surface area (TPSA) is 42.1 Å². The summed E-state index contributed by atoms with van der Waals surface area (Å²) >= 11 is 0. The number of nitrogens with zero attached hydrogens (tertiary/aromatic N) is 2. The number of piperidine rings is 1. The van der Waals surface area contributed by atoms with Gasteiger partial charge in [-0.25, -0.2) is 8.78 Å². The van der Waals surface area contributed by atoms with Crippen molar-refractivity contribution in [2.75, 3.05) is 18.0 Å². The summed E-state index contributed by atoms with van der Waals surface area (Å²) in [6.45, 7) is 1.75. The standard InChI is InChI=1S/C18H21F2N3/c19-18(20)15-5-6-16(14-2-1-7-22-17(14)15)23-9-12(11-3-4-11)8-13(21)10-23/h1-2,5-7,11-13,18H,3-4,8-10,21H2/t12-,13+/m0/s1. The van der Waals surface area contributed by atoms with Crippen LogP contribution in [0.1, 0.15) is 31.3 Å². The Morgan fingerprint density at radius 1 is 1.13 bits per heavy atom. The van der Waals surface area contributed by atoms with Crippen LogP contribution in [0, 0.1) is 11.8 Å². The highest BCUT2D eigenvalue weighted by molar-refractivity contribution is 5.94. The minimum atomic E-state index is -2.51. The number of halogens is 2. The first kappa shape index (κ1) is 14.8. The van der Waals surface area contributed by atoms with E-state index in [2.05, 4.69) is 9.88 Å². The summed E-state index contributed by atoms with van der Waals surface area (Å²) in [6, 6.07) is 7.17. The van der Waals surface area contributed by atoms with E-state index < -0.39 is 6.43 Å². The number of rotatable bonds is 3. The summed E-state index contributed by atoms with van der Waals surface area (Å²) in [5.41, 5.74) is 7.66. The van der Waals surface area contributed by atoms with Crippen molar-refractivity contribution in [1.82, 2.24) is 4.98 Å². The van der Waals surface area contributed by atoms with E-state index in [1.54, 1.807) is 6.20 Å². The van der Waals surface area contributed by atoms with E-state index in [1.807, 2.05) is 18.2 Å². The summed E-state index contributed by atoms with van der Waals surface area (Å²) in [6.07, 6.45) is 2.75. The molecule has 1 saturated carbocycles. The molecule has 0 spiro atoms. The van der Waals surface area contributed by atoms with Crippen LogP contribution in [-0.2, 0) is 0 Å². The lowest BCUT2D eigenvalue weighted by molar-refractivity contribution is 0.153. The van der Waals surface area contributed by atoms with Crippen LogP contribution in [0.2, 0.25) is 0 Å². The Labute approximate surface area is 134 Å². The molecule has 23 heavy (non-hydrogen) atoms. The van der Waals surface area contributed by atoms with Crippen molar-refractivity contribution >= 4 is 16.6 Å². The highest BCUT2D eigenvalue weighted by Crippen LogP contribution is 2.42. The highest BCUT2D eigenvalue weighted by atomic mass is 19.3. The Bertz CT molecular complexity index is 714. The Morgan fingerprint density at radius 3 is 2.70 bits per heavy atom. The van der Waals surface area contributed by atoms with E-state index >= 15 is 0 Å². The molecule has 2 heterocycles. The lowest BCUT2D eigenvalue weighted by Crippen LogP contribution is -2.47. The second-order valence-electron chi connectivity index (χ2n) is 6.87. The molecule has 1 saturated heterocycles. The first-order valence-corrected chi connectivity index (χ1v) is 8.30. The molecule has 122 valence electrons. The molecule has 1 aliphatic carbocycles. The monoisotopic (exact) mass is 317 g/mol. The summed E-state index contributed by atoms with van der Waals surface area (Å²) in [7, 11) is 0. The number of anilines is 1. The van der Waals surface area contributed by atoms with E-state index in [0.717, 1.165) is 36.5 Å². The average molecular weight is 317 g/mol. The fraction of sp³-hybridized carbons (Fsp3) is 0.500. The van der Waals surface area contributed by atoms with Crippen molar-refractivity contribution in [2.45, 2.75) is 31.7 Å². The highest BCUT2D eigenvalue weighted by Gasteiger charge is 2.37. The quantitative estimate of drug-likeness (QED) is 0.938. The molecular formula is C18H21F2N3. The molecule has 4 rings (SSSR count). The molecule has 1 aliphatic heterocycles. The molecule has 0 radical (unpaired) electrons. The van der Waals surface area contributed by atoms with Crippen LogP contribution in [0.4, 0.5) is 14.5 Å². The van der Waals surface area contributed by atoms with Gasteiger partial charge in [0.05, 0.1) is 5.52 Å². The van der Waals surface area contributed by atoms with Gasteiger partial charge in [-0.3, -0.25) is 4.98 Å². The van der Waals surface area contributed by atoms with E-state index in [9.17, 15) is 8.78 Å². The number of nitrogens with two attached hydrogens (primary N) is 1. The summed E-state index contributed by atoms with van der Waals surface area (Å²) in [4.78, 5) is 6.48. The Hall–Kier alpha value is -1.75. The molecular weight excluding hydrogens is 296 g/mol. The maximum absolute atomic E-state index is 13.2. The van der Waals surface area contributed by atoms with Crippen molar-refractivity contribution in [3.63, 3.8) is 0 Å². The number of pyridine rings is 1. The molecule has 2 aliphatic rings. The zero-order valence-electron chi connectivity index (χ0n) is 13.0. The smallest absolute Gasteiger partial charge is 0.265 e. The maximum Gasteiger partial charge on any atom is 0.265 e. The van der Waals surface area contributed by atoms with Crippen LogP contribution in [0.5, 0.6) is 0 Å². The summed E-state index contributed by atoms with van der Waals surface area (Å²) in [5.74, 6) is 1.42. The van der Waals surface area contributed by atoms with Gasteiger partial charge in [0.25, 0.3) is 6.43 Å². The van der Waals surface area contributed by atoms with Gasteiger partial charge >= 0.3 is 0 Å². The van der Waals surface area contributed by atoms with Gasteiger partial charge in [-0.05, 0) is 55.4 Å². The van der Waals surface area contributed by atoms with Gasteiger partial charge in [0.1, 0.15) is 0 Å². The third kappa shape index (κ3) is 2.78. The number of hydrogen-bond acceptors (Lipinski definition) is 3. The minimum absolute atomic E-state index is 0.00407. The van der Waals surface area contributed by atoms with Crippen LogP contribution >= 0.6 is 0 Å². The van der Waals surface area contributed by atoms with E-state index in [0.29, 0.717) is 11.4 Å². The molecule has 3 nitrogen and oxygen atoms in total. The largest absolute Gasteiger partial charge is 0.369 e. The van der Waals surface area contributed by atoms with Crippen molar-refractivity contribution in [3.8, 4) is 0 Å². The van der Waals surface area contributed by atoms with Gasteiger partial charge < -0.3 is 10.6 Å². The molecule has 1 aromatic carbocycles. The van der Waals surface area contributed by atoms with Gasteiger partial charge in [0.2, 0.25) is 0 Å². The molecule has 2 N–H and O–H groups in total. The van der Waals surface area contributed by atoms with Crippen LogP contribution < -0.4 is 10.6 Å². The molecule has 2 atom stereocenters. The second-order valence-corrected chi connectivity index (χ2v) is 6.87. The first-order chi connectivity index (χ1) is 11.1.